The number of nitrogens with one attached hydrogen (secondary N) is 1. The van der Waals surface area contributed by atoms with Crippen LogP contribution in [0.3, 0.4) is 0 Å². The van der Waals surface area contributed by atoms with Crippen molar-refractivity contribution in [3.05, 3.63) is 5.82 Å². The molecule has 22 heavy (non-hydrogen) atoms. The van der Waals surface area contributed by atoms with Crippen molar-refractivity contribution in [3.63, 3.8) is 0 Å². The maximum atomic E-state index is 12.4. The Kier molecular flexibility index (Phi) is 3.88. The molecule has 6 heteroatoms. The molecule has 5 nitrogen and oxygen atoms in total. The van der Waals surface area contributed by atoms with Crippen molar-refractivity contribution < 1.29 is 4.79 Å². The van der Waals surface area contributed by atoms with E-state index in [1.807, 2.05) is 6.92 Å². The second-order valence-corrected chi connectivity index (χ2v) is 8.27. The summed E-state index contributed by atoms with van der Waals surface area (Å²) in [7, 11) is 0. The summed E-state index contributed by atoms with van der Waals surface area (Å²) in [5.41, 5.74) is 0. The molecule has 0 saturated heterocycles. The highest BCUT2D eigenvalue weighted by Crippen LogP contribution is 2.46. The molecule has 0 bridgehead atoms. The lowest BCUT2D eigenvalue weighted by Gasteiger charge is -2.16. The minimum absolute atomic E-state index is 0.102. The summed E-state index contributed by atoms with van der Waals surface area (Å²) in [5, 5.41) is 12.8. The monoisotopic (exact) mass is 320 g/mol. The van der Waals surface area contributed by atoms with Crippen molar-refractivity contribution >= 4 is 17.7 Å². The molecular weight excluding hydrogens is 296 g/mol. The van der Waals surface area contributed by atoms with Crippen LogP contribution in [0.5, 0.6) is 0 Å². The van der Waals surface area contributed by atoms with Gasteiger partial charge in [-0.05, 0) is 45.4 Å². The summed E-state index contributed by atoms with van der Waals surface area (Å²) in [6.45, 7) is 1.98. The van der Waals surface area contributed by atoms with Crippen LogP contribution < -0.4 is 5.32 Å². The van der Waals surface area contributed by atoms with Gasteiger partial charge in [-0.3, -0.25) is 4.79 Å². The molecule has 3 aliphatic rings. The number of thioether (sulfide) groups is 1. The molecule has 3 fully saturated rings. The maximum Gasteiger partial charge on any atom is 0.233 e. The highest BCUT2D eigenvalue weighted by Gasteiger charge is 2.37. The molecule has 1 unspecified atom stereocenters. The first-order valence-corrected chi connectivity index (χ1v) is 9.52. The Morgan fingerprint density at radius 2 is 1.91 bits per heavy atom. The lowest BCUT2D eigenvalue weighted by molar-refractivity contribution is -0.120. The van der Waals surface area contributed by atoms with Crippen LogP contribution in [0.15, 0.2) is 5.16 Å². The van der Waals surface area contributed by atoms with Gasteiger partial charge in [0, 0.05) is 18.0 Å². The van der Waals surface area contributed by atoms with Crippen LogP contribution in [0.2, 0.25) is 0 Å². The van der Waals surface area contributed by atoms with Gasteiger partial charge in [0.2, 0.25) is 5.91 Å². The molecule has 4 rings (SSSR count). The van der Waals surface area contributed by atoms with Crippen LogP contribution in [0, 0.1) is 0 Å². The summed E-state index contributed by atoms with van der Waals surface area (Å²) < 4.78 is 2.32. The van der Waals surface area contributed by atoms with E-state index < -0.39 is 0 Å². The Hall–Kier alpha value is -1.04. The Balaban J connectivity index is 1.42. The van der Waals surface area contributed by atoms with Crippen LogP contribution in [0.1, 0.15) is 76.1 Å². The molecule has 1 N–H and O–H groups in total. The van der Waals surface area contributed by atoms with Gasteiger partial charge in [-0.15, -0.1) is 10.2 Å². The maximum absolute atomic E-state index is 12.4. The summed E-state index contributed by atoms with van der Waals surface area (Å²) in [6.07, 6.45) is 9.70. The van der Waals surface area contributed by atoms with E-state index in [2.05, 4.69) is 20.1 Å². The van der Waals surface area contributed by atoms with E-state index >= 15 is 0 Å². The SMILES string of the molecule is CC(Sc1nnc(C2CC2)n1C1CC1)C(=O)NC1CCCC1. The van der Waals surface area contributed by atoms with Gasteiger partial charge in [0.05, 0.1) is 5.25 Å². The van der Waals surface area contributed by atoms with Gasteiger partial charge >= 0.3 is 0 Å². The van der Waals surface area contributed by atoms with E-state index in [4.69, 9.17) is 0 Å². The van der Waals surface area contributed by atoms with Crippen molar-refractivity contribution in [3.8, 4) is 0 Å². The van der Waals surface area contributed by atoms with Crippen molar-refractivity contribution in [2.45, 2.75) is 86.7 Å². The van der Waals surface area contributed by atoms with E-state index in [0.717, 1.165) is 23.8 Å². The van der Waals surface area contributed by atoms with Gasteiger partial charge in [0.25, 0.3) is 0 Å². The number of aromatic nitrogens is 3. The number of rotatable bonds is 6. The fraction of sp³-hybridized carbons (Fsp3) is 0.812. The molecule has 1 aromatic heterocycles. The highest BCUT2D eigenvalue weighted by atomic mass is 32.2. The zero-order valence-corrected chi connectivity index (χ0v) is 13.9. The number of hydrogen-bond donors (Lipinski definition) is 1. The van der Waals surface area contributed by atoms with E-state index in [1.54, 1.807) is 11.8 Å². The third kappa shape index (κ3) is 3.03. The Bertz CT molecular complexity index is 558. The zero-order valence-electron chi connectivity index (χ0n) is 13.1. The molecule has 1 heterocycles. The predicted octanol–water partition coefficient (Wildman–Crippen LogP) is 3.03. The van der Waals surface area contributed by atoms with Crippen molar-refractivity contribution in [1.29, 1.82) is 0 Å². The normalized spacial score (nSPS) is 23.7. The summed E-state index contributed by atoms with van der Waals surface area (Å²) in [4.78, 5) is 12.4. The smallest absolute Gasteiger partial charge is 0.233 e. The molecule has 1 aromatic rings. The van der Waals surface area contributed by atoms with Gasteiger partial charge in [-0.25, -0.2) is 0 Å². The molecular formula is C16H24N4OS. The molecule has 1 amide bonds. The van der Waals surface area contributed by atoms with Crippen LogP contribution in [-0.4, -0.2) is 32.0 Å². The van der Waals surface area contributed by atoms with Crippen LogP contribution in [0.4, 0.5) is 0 Å². The second-order valence-electron chi connectivity index (χ2n) is 6.97. The topological polar surface area (TPSA) is 59.8 Å². The van der Waals surface area contributed by atoms with Crippen molar-refractivity contribution in [1.82, 2.24) is 20.1 Å². The largest absolute Gasteiger partial charge is 0.352 e. The van der Waals surface area contributed by atoms with Gasteiger partial charge < -0.3 is 9.88 Å². The average molecular weight is 320 g/mol. The number of nitrogens with zero attached hydrogens (tertiary/aromatic N) is 3. The molecule has 0 aromatic carbocycles. The number of carbonyl (C=O) groups is 1. The number of amides is 1. The van der Waals surface area contributed by atoms with E-state index in [9.17, 15) is 4.79 Å². The Morgan fingerprint density at radius 3 is 2.55 bits per heavy atom. The summed E-state index contributed by atoms with van der Waals surface area (Å²) in [5.74, 6) is 1.92. The molecule has 3 saturated carbocycles. The predicted molar refractivity (Wildman–Crippen MR) is 86.0 cm³/mol. The highest BCUT2D eigenvalue weighted by molar-refractivity contribution is 8.00. The van der Waals surface area contributed by atoms with Gasteiger partial charge in [-0.1, -0.05) is 24.6 Å². The lowest BCUT2D eigenvalue weighted by Crippen LogP contribution is -2.37. The molecule has 0 spiro atoms. The molecule has 120 valence electrons. The van der Waals surface area contributed by atoms with Crippen LogP contribution in [-0.2, 0) is 4.79 Å². The van der Waals surface area contributed by atoms with Crippen molar-refractivity contribution in [2.75, 3.05) is 0 Å². The summed E-state index contributed by atoms with van der Waals surface area (Å²) in [6, 6.07) is 0.970. The molecule has 0 aliphatic heterocycles. The third-order valence-corrected chi connectivity index (χ3v) is 5.96. The van der Waals surface area contributed by atoms with Gasteiger partial charge in [0.1, 0.15) is 5.82 Å². The number of hydrogen-bond acceptors (Lipinski definition) is 4. The molecule has 1 atom stereocenters. The minimum atomic E-state index is -0.102. The van der Waals surface area contributed by atoms with Gasteiger partial charge in [-0.2, -0.15) is 0 Å². The Labute approximate surface area is 135 Å². The fourth-order valence-electron chi connectivity index (χ4n) is 3.26. The quantitative estimate of drug-likeness (QED) is 0.819. The minimum Gasteiger partial charge on any atom is -0.352 e. The molecule has 3 aliphatic carbocycles. The summed E-state index contributed by atoms with van der Waals surface area (Å²) >= 11 is 1.57. The first-order valence-electron chi connectivity index (χ1n) is 8.64. The first-order chi connectivity index (χ1) is 10.7. The fourth-order valence-corrected chi connectivity index (χ4v) is 4.20. The first kappa shape index (κ1) is 14.5. The van der Waals surface area contributed by atoms with Crippen LogP contribution >= 0.6 is 11.8 Å². The van der Waals surface area contributed by atoms with Crippen LogP contribution in [0.25, 0.3) is 0 Å². The van der Waals surface area contributed by atoms with Gasteiger partial charge in [0.15, 0.2) is 5.16 Å². The molecule has 0 radical (unpaired) electrons. The standard InChI is InChI=1S/C16H24N4OS/c1-10(15(21)17-12-4-2-3-5-12)22-16-19-18-14(11-6-7-11)20(16)13-8-9-13/h10-13H,2-9H2,1H3,(H,17,21). The second kappa shape index (κ2) is 5.87. The van der Waals surface area contributed by atoms with E-state index in [1.165, 1.54) is 38.5 Å². The third-order valence-electron chi connectivity index (χ3n) is 4.90. The zero-order chi connectivity index (χ0) is 15.1. The number of carbonyl (C=O) groups excluding carboxylic acids is 1. The average Bonchev–Trinajstić information content (AvgIpc) is 3.43. The van der Waals surface area contributed by atoms with E-state index in [0.29, 0.717) is 18.0 Å². The Morgan fingerprint density at radius 1 is 1.18 bits per heavy atom. The lowest BCUT2D eigenvalue weighted by atomic mass is 10.2. The van der Waals surface area contributed by atoms with Crippen molar-refractivity contribution in [2.24, 2.45) is 0 Å². The van der Waals surface area contributed by atoms with E-state index in [-0.39, 0.29) is 11.2 Å².